The Balaban J connectivity index is 1.62. The molecule has 0 aliphatic carbocycles. The molecule has 36 heavy (non-hydrogen) atoms. The van der Waals surface area contributed by atoms with Gasteiger partial charge in [-0.05, 0) is 25.4 Å². The number of carbonyl (C=O) groups is 3. The molecule has 0 unspecified atom stereocenters. The molecule has 0 radical (unpaired) electrons. The number of fused-ring (bicyclic) bond motifs is 1. The van der Waals surface area contributed by atoms with Gasteiger partial charge in [-0.15, -0.1) is 0 Å². The molecule has 1 saturated heterocycles. The van der Waals surface area contributed by atoms with Crippen LogP contribution in [0.1, 0.15) is 51.4 Å². The number of amides is 2. The van der Waals surface area contributed by atoms with Gasteiger partial charge in [0.1, 0.15) is 23.6 Å². The number of piperazine rings is 1. The lowest BCUT2D eigenvalue weighted by Gasteiger charge is -2.34. The minimum atomic E-state index is -4.01. The highest BCUT2D eigenvalue weighted by atomic mass is 16.5. The molecule has 4 aromatic heterocycles. The topological polar surface area (TPSA) is 139 Å². The van der Waals surface area contributed by atoms with Crippen LogP contribution in [0.15, 0.2) is 37.0 Å². The Kier molecular flexibility index (Phi) is 3.04. The van der Waals surface area contributed by atoms with Gasteiger partial charge in [0.05, 0.1) is 44.9 Å². The van der Waals surface area contributed by atoms with E-state index < -0.39 is 95.6 Å². The third-order valence-electron chi connectivity index (χ3n) is 4.88. The second kappa shape index (κ2) is 9.21. The zero-order chi connectivity index (χ0) is 37.7. The standard InChI is InChI=1S/C24H24N8O4/c1-14-4-5-17(25-10-14)23(34)30-6-8-31(9-7-30)24(35)21(33)16-11-26-20-19(16)18(36-3)12-27-22(20)32-13-28-15(2)29-32/h4-5,10-13,26H,6-9H2,1-3H3/i2D3,4D,5D,6D2,7D2,8D2,9D2,10D. The summed E-state index contributed by atoms with van der Waals surface area (Å²) < 4.78 is 121. The molecule has 0 bridgehead atoms. The number of nitrogens with one attached hydrogen (secondary N) is 1. The van der Waals surface area contributed by atoms with Crippen molar-refractivity contribution < 1.29 is 38.3 Å². The highest BCUT2D eigenvalue weighted by Crippen LogP contribution is 2.31. The normalized spacial score (nSPS) is 25.4. The first kappa shape index (κ1) is 11.9. The summed E-state index contributed by atoms with van der Waals surface area (Å²) in [4.78, 5) is 54.1. The van der Waals surface area contributed by atoms with E-state index in [4.69, 9.17) is 23.9 Å². The number of carbonyl (C=O) groups excluding carboxylic acids is 3. The Morgan fingerprint density at radius 2 is 1.92 bits per heavy atom. The van der Waals surface area contributed by atoms with Gasteiger partial charge in [0.2, 0.25) is 0 Å². The van der Waals surface area contributed by atoms with Crippen molar-refractivity contribution in [3.05, 3.63) is 59.6 Å². The van der Waals surface area contributed by atoms with E-state index in [1.807, 2.05) is 0 Å². The number of Topliss-reactive ketones (excluding diaryl/α,β-unsaturated/α-hetero) is 1. The fourth-order valence-electron chi connectivity index (χ4n) is 3.21. The van der Waals surface area contributed by atoms with Crippen molar-refractivity contribution in [2.75, 3.05) is 33.1 Å². The second-order valence-corrected chi connectivity index (χ2v) is 7.12. The molecular weight excluding hydrogens is 464 g/mol. The number of aromatic nitrogens is 6. The molecule has 4 aromatic rings. The molecule has 2 amide bonds. The highest BCUT2D eigenvalue weighted by molar-refractivity contribution is 6.45. The number of aryl methyl sites for hydroxylation is 1. The van der Waals surface area contributed by atoms with Crippen molar-refractivity contribution in [2.45, 2.75) is 13.8 Å². The summed E-state index contributed by atoms with van der Waals surface area (Å²) >= 11 is 0. The summed E-state index contributed by atoms with van der Waals surface area (Å²) in [6.45, 7) is -17.5. The van der Waals surface area contributed by atoms with E-state index in [2.05, 4.69) is 25.0 Å². The van der Waals surface area contributed by atoms with Crippen LogP contribution in [0.5, 0.6) is 5.75 Å². The molecule has 1 N–H and O–H groups in total. The Morgan fingerprint density at radius 3 is 2.64 bits per heavy atom. The van der Waals surface area contributed by atoms with Gasteiger partial charge in [-0.1, -0.05) is 6.04 Å². The van der Waals surface area contributed by atoms with Crippen molar-refractivity contribution in [1.82, 2.24) is 39.5 Å². The van der Waals surface area contributed by atoms with E-state index in [-0.39, 0.29) is 28.0 Å². The lowest BCUT2D eigenvalue weighted by atomic mass is 10.1. The second-order valence-electron chi connectivity index (χ2n) is 7.12. The zero-order valence-corrected chi connectivity index (χ0v) is 18.5. The monoisotopic (exact) mass is 502 g/mol. The van der Waals surface area contributed by atoms with Crippen LogP contribution in [0.3, 0.4) is 0 Å². The summed E-state index contributed by atoms with van der Waals surface area (Å²) in [5.74, 6) is -6.56. The molecule has 0 atom stereocenters. The lowest BCUT2D eigenvalue weighted by molar-refractivity contribution is -0.127. The minimum Gasteiger partial charge on any atom is -0.494 e. The summed E-state index contributed by atoms with van der Waals surface area (Å²) in [6.07, 6.45) is 2.27. The maximum atomic E-state index is 13.8. The predicted octanol–water partition coefficient (Wildman–Crippen LogP) is 1.33. The summed E-state index contributed by atoms with van der Waals surface area (Å²) in [6, 6.07) is -1.68. The van der Waals surface area contributed by atoms with Crippen molar-refractivity contribution in [3.8, 4) is 11.6 Å². The number of hydrogen-bond donors (Lipinski definition) is 1. The molecule has 5 heterocycles. The number of ether oxygens (including phenoxy) is 1. The molecular formula is C24H24N8O4. The first-order valence-electron chi connectivity index (χ1n) is 17.0. The van der Waals surface area contributed by atoms with Crippen molar-refractivity contribution in [2.24, 2.45) is 0 Å². The van der Waals surface area contributed by atoms with Crippen LogP contribution in [0, 0.1) is 13.8 Å². The Hall–Kier alpha value is -4.61. The van der Waals surface area contributed by atoms with Crippen LogP contribution in [0.4, 0.5) is 0 Å². The van der Waals surface area contributed by atoms with Crippen LogP contribution in [-0.4, -0.2) is 90.2 Å². The first-order chi connectivity index (χ1) is 22.8. The molecule has 5 rings (SSSR count). The number of rotatable bonds is 5. The Labute approximate surface area is 225 Å². The highest BCUT2D eigenvalue weighted by Gasteiger charge is 2.31. The van der Waals surface area contributed by atoms with E-state index in [1.54, 1.807) is 0 Å². The zero-order valence-electron chi connectivity index (χ0n) is 32.5. The maximum absolute atomic E-state index is 13.8. The molecule has 1 aliphatic rings. The van der Waals surface area contributed by atoms with Crippen LogP contribution >= 0.6 is 0 Å². The minimum absolute atomic E-state index is 0.0890. The molecule has 0 saturated carbocycles. The fourth-order valence-corrected chi connectivity index (χ4v) is 3.21. The molecule has 0 aromatic carbocycles. The van der Waals surface area contributed by atoms with Gasteiger partial charge in [-0.25, -0.2) is 14.6 Å². The third kappa shape index (κ3) is 4.06. The summed E-state index contributed by atoms with van der Waals surface area (Å²) in [5.41, 5.74) is -2.01. The van der Waals surface area contributed by atoms with E-state index >= 15 is 0 Å². The van der Waals surface area contributed by atoms with E-state index in [0.29, 0.717) is 0 Å². The fraction of sp³-hybridized carbons (Fsp3) is 0.292. The lowest BCUT2D eigenvalue weighted by Crippen LogP contribution is -2.52. The van der Waals surface area contributed by atoms with Gasteiger partial charge in [0, 0.05) is 42.5 Å². The largest absolute Gasteiger partial charge is 0.494 e. The van der Waals surface area contributed by atoms with Crippen LogP contribution in [0.25, 0.3) is 16.7 Å². The quantitative estimate of drug-likeness (QED) is 0.319. The number of ketones is 1. The third-order valence-corrected chi connectivity index (χ3v) is 4.88. The van der Waals surface area contributed by atoms with Crippen LogP contribution in [-0.2, 0) is 4.79 Å². The molecule has 1 aliphatic heterocycles. The number of nitrogens with zero attached hydrogens (tertiary/aromatic N) is 7. The summed E-state index contributed by atoms with van der Waals surface area (Å²) in [5, 5.41) is 3.65. The maximum Gasteiger partial charge on any atom is 0.295 e. The number of H-pyrrole nitrogens is 1. The Bertz CT molecular complexity index is 2070. The number of aromatic amines is 1. The van der Waals surface area contributed by atoms with Gasteiger partial charge in [0.15, 0.2) is 5.82 Å². The van der Waals surface area contributed by atoms with Gasteiger partial charge in [-0.2, -0.15) is 5.10 Å². The molecule has 12 nitrogen and oxygen atoms in total. The molecule has 184 valence electrons. The molecule has 1 fully saturated rings. The average molecular weight is 503 g/mol. The first-order valence-corrected chi connectivity index (χ1v) is 10.00. The van der Waals surface area contributed by atoms with E-state index in [9.17, 15) is 14.4 Å². The number of pyridine rings is 2. The van der Waals surface area contributed by atoms with Crippen LogP contribution in [0.2, 0.25) is 0 Å². The van der Waals surface area contributed by atoms with Crippen LogP contribution < -0.4 is 4.74 Å². The number of hydrogen-bond acceptors (Lipinski definition) is 8. The van der Waals surface area contributed by atoms with E-state index in [0.717, 1.165) is 30.5 Å². The Morgan fingerprint density at radius 1 is 1.14 bits per heavy atom. The molecule has 0 spiro atoms. The van der Waals surface area contributed by atoms with Crippen molar-refractivity contribution in [3.63, 3.8) is 0 Å². The number of methoxy groups -OCH3 is 1. The molecule has 12 heteroatoms. The summed E-state index contributed by atoms with van der Waals surface area (Å²) in [7, 11) is 1.16. The average Bonchev–Trinajstić information content (AvgIpc) is 3.68. The van der Waals surface area contributed by atoms with E-state index in [1.165, 1.54) is 6.92 Å². The van der Waals surface area contributed by atoms with Crippen molar-refractivity contribution in [1.29, 1.82) is 0 Å². The SMILES string of the molecule is [2H]c1nc(C(=O)N2C([2H])([2H])C([2H])([2H])N(C(=O)C(=O)c3c[nH]c4c(-n5cnc(C([2H])([2H])[2H])n5)ncc(OC)c34)C([2H])([2H])C2([2H])[2H])c([2H])c([2H])c1C. The van der Waals surface area contributed by atoms with Gasteiger partial charge < -0.3 is 19.5 Å². The van der Waals surface area contributed by atoms with Crippen molar-refractivity contribution >= 4 is 28.5 Å². The van der Waals surface area contributed by atoms with Gasteiger partial charge in [0.25, 0.3) is 17.6 Å². The van der Waals surface area contributed by atoms with Gasteiger partial charge in [-0.3, -0.25) is 19.4 Å². The predicted molar refractivity (Wildman–Crippen MR) is 128 cm³/mol. The van der Waals surface area contributed by atoms with Gasteiger partial charge >= 0.3 is 0 Å². The smallest absolute Gasteiger partial charge is 0.295 e.